The molecule has 0 atom stereocenters. The first-order valence-corrected chi connectivity index (χ1v) is 7.52. The van der Waals surface area contributed by atoms with Gasteiger partial charge in [0.15, 0.2) is 5.76 Å². The van der Waals surface area contributed by atoms with E-state index in [0.29, 0.717) is 5.69 Å². The summed E-state index contributed by atoms with van der Waals surface area (Å²) in [5.41, 5.74) is 2.02. The van der Waals surface area contributed by atoms with E-state index < -0.39 is 0 Å². The lowest BCUT2D eigenvalue weighted by molar-refractivity contribution is 0.0914. The Hall–Kier alpha value is -3.27. The van der Waals surface area contributed by atoms with Crippen LogP contribution >= 0.6 is 0 Å². The van der Waals surface area contributed by atoms with Gasteiger partial charge in [0.25, 0.3) is 0 Å². The predicted octanol–water partition coefficient (Wildman–Crippen LogP) is 3.81. The van der Waals surface area contributed by atoms with Gasteiger partial charge >= 0.3 is 0 Å². The fourth-order valence-electron chi connectivity index (χ4n) is 2.88. The maximum Gasteiger partial charge on any atom is 0.229 e. The number of fused-ring (bicyclic) bond motifs is 2. The first-order valence-electron chi connectivity index (χ1n) is 7.52. The summed E-state index contributed by atoms with van der Waals surface area (Å²) in [5, 5.41) is 2.23. The van der Waals surface area contributed by atoms with Crippen LogP contribution in [0.2, 0.25) is 0 Å². The fourth-order valence-corrected chi connectivity index (χ4v) is 2.88. The number of rotatable bonds is 2. The fraction of sp³-hybridized carbons (Fsp3) is 0.0500. The van der Waals surface area contributed by atoms with Gasteiger partial charge in [0, 0.05) is 11.6 Å². The van der Waals surface area contributed by atoms with Crippen LogP contribution in [0, 0.1) is 0 Å². The smallest absolute Gasteiger partial charge is 0.229 e. The molecule has 1 aliphatic carbocycles. The van der Waals surface area contributed by atoms with Crippen LogP contribution < -0.4 is 0 Å². The third-order valence-corrected chi connectivity index (χ3v) is 4.12. The van der Waals surface area contributed by atoms with Crippen LogP contribution in [0.3, 0.4) is 0 Å². The number of methoxy groups -OCH3 is 1. The molecule has 0 amide bonds. The Morgan fingerprint density at radius 2 is 1.71 bits per heavy atom. The first-order chi connectivity index (χ1) is 11.7. The minimum Gasteiger partial charge on any atom is -0.492 e. The molecule has 3 aromatic rings. The normalized spacial score (nSPS) is 13.6. The Morgan fingerprint density at radius 1 is 0.917 bits per heavy atom. The van der Waals surface area contributed by atoms with E-state index >= 15 is 0 Å². The van der Waals surface area contributed by atoms with Crippen molar-refractivity contribution >= 4 is 22.3 Å². The average molecular weight is 315 g/mol. The molecule has 0 aliphatic heterocycles. The number of pyridine rings is 1. The second-order valence-corrected chi connectivity index (χ2v) is 5.56. The number of carbonyl (C=O) groups is 2. The first kappa shape index (κ1) is 14.3. The standard InChI is InChI=1S/C20H13NO3/c1-24-18-11-17(22)19-15(20(18)23)8-9-16(21-19)14-7-6-12-4-2-3-5-13(12)10-14/h2-11H,1H3. The Bertz CT molecular complexity index is 1030. The SMILES string of the molecule is COC1=CC(=O)c2nc(-c3ccc4ccccc4c3)ccc2C1=O. The largest absolute Gasteiger partial charge is 0.492 e. The average Bonchev–Trinajstić information content (AvgIpc) is 2.64. The molecule has 0 unspecified atom stereocenters. The van der Waals surface area contributed by atoms with Gasteiger partial charge in [-0.05, 0) is 29.0 Å². The number of benzene rings is 2. The number of allylic oxidation sites excluding steroid dienone is 2. The van der Waals surface area contributed by atoms with E-state index in [1.165, 1.54) is 13.2 Å². The van der Waals surface area contributed by atoms with Crippen LogP contribution in [0.25, 0.3) is 22.0 Å². The van der Waals surface area contributed by atoms with Gasteiger partial charge in [0.1, 0.15) is 5.69 Å². The molecule has 1 aliphatic rings. The molecule has 0 fully saturated rings. The number of Topliss-reactive ketones (excluding diaryl/α,β-unsaturated/α-hetero) is 1. The Kier molecular flexibility index (Phi) is 3.24. The van der Waals surface area contributed by atoms with Crippen molar-refractivity contribution in [1.29, 1.82) is 0 Å². The molecular weight excluding hydrogens is 302 g/mol. The van der Waals surface area contributed by atoms with Gasteiger partial charge in [0.2, 0.25) is 11.6 Å². The summed E-state index contributed by atoms with van der Waals surface area (Å²) in [6.45, 7) is 0. The summed E-state index contributed by atoms with van der Waals surface area (Å²) in [7, 11) is 1.37. The van der Waals surface area contributed by atoms with Crippen molar-refractivity contribution in [2.45, 2.75) is 0 Å². The molecule has 1 heterocycles. The molecule has 0 spiro atoms. The number of nitrogens with zero attached hydrogens (tertiary/aromatic N) is 1. The summed E-state index contributed by atoms with van der Waals surface area (Å²) in [6, 6.07) is 17.4. The molecule has 4 nitrogen and oxygen atoms in total. The quantitative estimate of drug-likeness (QED) is 0.721. The molecule has 116 valence electrons. The van der Waals surface area contributed by atoms with E-state index in [4.69, 9.17) is 4.74 Å². The monoisotopic (exact) mass is 315 g/mol. The molecule has 0 radical (unpaired) electrons. The molecule has 1 aromatic heterocycles. The van der Waals surface area contributed by atoms with E-state index in [-0.39, 0.29) is 28.6 Å². The number of hydrogen-bond acceptors (Lipinski definition) is 4. The molecule has 24 heavy (non-hydrogen) atoms. The minimum atomic E-state index is -0.316. The third-order valence-electron chi connectivity index (χ3n) is 4.12. The van der Waals surface area contributed by atoms with Crippen LogP contribution in [0.4, 0.5) is 0 Å². The summed E-state index contributed by atoms with van der Waals surface area (Å²) >= 11 is 0. The van der Waals surface area contributed by atoms with Gasteiger partial charge in [-0.3, -0.25) is 9.59 Å². The van der Waals surface area contributed by atoms with Crippen LogP contribution in [-0.2, 0) is 4.74 Å². The minimum absolute atomic E-state index is 0.0488. The van der Waals surface area contributed by atoms with Crippen molar-refractivity contribution in [2.24, 2.45) is 0 Å². The third kappa shape index (κ3) is 2.20. The summed E-state index contributed by atoms with van der Waals surface area (Å²) < 4.78 is 4.96. The van der Waals surface area contributed by atoms with E-state index in [1.807, 2.05) is 42.5 Å². The van der Waals surface area contributed by atoms with Gasteiger partial charge in [-0.15, -0.1) is 0 Å². The van der Waals surface area contributed by atoms with E-state index in [2.05, 4.69) is 4.98 Å². The lowest BCUT2D eigenvalue weighted by atomic mass is 9.96. The zero-order chi connectivity index (χ0) is 16.7. The molecule has 0 bridgehead atoms. The highest BCUT2D eigenvalue weighted by Crippen LogP contribution is 2.27. The number of aromatic nitrogens is 1. The number of carbonyl (C=O) groups excluding carboxylic acids is 2. The number of ketones is 2. The maximum absolute atomic E-state index is 12.2. The molecule has 0 saturated heterocycles. The van der Waals surface area contributed by atoms with E-state index in [9.17, 15) is 9.59 Å². The van der Waals surface area contributed by atoms with Crippen molar-refractivity contribution < 1.29 is 14.3 Å². The topological polar surface area (TPSA) is 56.3 Å². The van der Waals surface area contributed by atoms with Crippen molar-refractivity contribution in [2.75, 3.05) is 7.11 Å². The highest BCUT2D eigenvalue weighted by molar-refractivity contribution is 6.23. The summed E-state index contributed by atoms with van der Waals surface area (Å²) in [4.78, 5) is 28.9. The zero-order valence-electron chi connectivity index (χ0n) is 12.9. The molecule has 4 heteroatoms. The van der Waals surface area contributed by atoms with Crippen molar-refractivity contribution in [3.05, 3.63) is 77.7 Å². The van der Waals surface area contributed by atoms with Crippen LogP contribution in [0.15, 0.2) is 66.4 Å². The van der Waals surface area contributed by atoms with Gasteiger partial charge < -0.3 is 4.74 Å². The van der Waals surface area contributed by atoms with Crippen LogP contribution in [0.1, 0.15) is 20.8 Å². The van der Waals surface area contributed by atoms with Crippen LogP contribution in [-0.4, -0.2) is 23.7 Å². The van der Waals surface area contributed by atoms with E-state index in [0.717, 1.165) is 16.3 Å². The van der Waals surface area contributed by atoms with Gasteiger partial charge in [-0.1, -0.05) is 36.4 Å². The van der Waals surface area contributed by atoms with Gasteiger partial charge in [0.05, 0.1) is 18.4 Å². The summed E-state index contributed by atoms with van der Waals surface area (Å²) in [6.07, 6.45) is 1.20. The number of ether oxygens (including phenoxy) is 1. The predicted molar refractivity (Wildman–Crippen MR) is 90.9 cm³/mol. The maximum atomic E-state index is 12.2. The second-order valence-electron chi connectivity index (χ2n) is 5.56. The van der Waals surface area contributed by atoms with Crippen molar-refractivity contribution in [3.63, 3.8) is 0 Å². The highest BCUT2D eigenvalue weighted by atomic mass is 16.5. The lowest BCUT2D eigenvalue weighted by Crippen LogP contribution is -2.19. The van der Waals surface area contributed by atoms with Gasteiger partial charge in [-0.2, -0.15) is 0 Å². The molecule has 4 rings (SSSR count). The van der Waals surface area contributed by atoms with Crippen molar-refractivity contribution in [1.82, 2.24) is 4.98 Å². The zero-order valence-corrected chi connectivity index (χ0v) is 12.9. The summed E-state index contributed by atoms with van der Waals surface area (Å²) in [5.74, 6) is -0.582. The van der Waals surface area contributed by atoms with Crippen LogP contribution in [0.5, 0.6) is 0 Å². The second kappa shape index (κ2) is 5.42. The molecular formula is C20H13NO3. The number of hydrogen-bond donors (Lipinski definition) is 0. The van der Waals surface area contributed by atoms with E-state index in [1.54, 1.807) is 12.1 Å². The Labute approximate surface area is 138 Å². The molecule has 2 aromatic carbocycles. The Balaban J connectivity index is 1.83. The Morgan fingerprint density at radius 3 is 2.50 bits per heavy atom. The van der Waals surface area contributed by atoms with Gasteiger partial charge in [-0.25, -0.2) is 4.98 Å². The van der Waals surface area contributed by atoms with Crippen molar-refractivity contribution in [3.8, 4) is 11.3 Å². The lowest BCUT2D eigenvalue weighted by Gasteiger charge is -2.14. The molecule has 0 N–H and O–H groups in total. The highest BCUT2D eigenvalue weighted by Gasteiger charge is 2.28. The molecule has 0 saturated carbocycles.